The van der Waals surface area contributed by atoms with E-state index in [-0.39, 0.29) is 0 Å². The van der Waals surface area contributed by atoms with Crippen molar-refractivity contribution in [2.45, 2.75) is 25.1 Å². The number of hydrogen-bond donors (Lipinski definition) is 0. The zero-order valence-electron chi connectivity index (χ0n) is 7.79. The van der Waals surface area contributed by atoms with Crippen LogP contribution in [0.5, 0.6) is 5.88 Å². The minimum Gasteiger partial charge on any atom is -0.478 e. The molecule has 0 bridgehead atoms. The summed E-state index contributed by atoms with van der Waals surface area (Å²) in [5.74, 6) is 0.721. The lowest BCUT2D eigenvalue weighted by Crippen LogP contribution is -1.98. The highest BCUT2D eigenvalue weighted by Gasteiger charge is 1.94. The van der Waals surface area contributed by atoms with Crippen molar-refractivity contribution < 1.29 is 4.74 Å². The minimum atomic E-state index is 0.721. The second kappa shape index (κ2) is 5.97. The molecule has 0 radical (unpaired) electrons. The average molecular weight is 244 g/mol. The zero-order valence-corrected chi connectivity index (χ0v) is 9.38. The van der Waals surface area contributed by atoms with Gasteiger partial charge in [0.1, 0.15) is 0 Å². The van der Waals surface area contributed by atoms with Gasteiger partial charge in [-0.2, -0.15) is 0 Å². The number of hydrogen-bond acceptors (Lipinski definition) is 2. The van der Waals surface area contributed by atoms with Gasteiger partial charge in [-0.05, 0) is 12.0 Å². The summed E-state index contributed by atoms with van der Waals surface area (Å²) < 4.78 is 5.42. The Hall–Kier alpha value is -0.570. The fourth-order valence-corrected chi connectivity index (χ4v) is 1.23. The summed E-state index contributed by atoms with van der Waals surface area (Å²) in [6.07, 6.45) is 4.07. The molecule has 3 heteroatoms. The molecule has 13 heavy (non-hydrogen) atoms. The Morgan fingerprint density at radius 3 is 2.85 bits per heavy atom. The molecule has 0 spiro atoms. The number of rotatable bonds is 5. The molecule has 0 atom stereocenters. The van der Waals surface area contributed by atoms with Gasteiger partial charge < -0.3 is 4.74 Å². The van der Waals surface area contributed by atoms with Crippen LogP contribution in [0.3, 0.4) is 0 Å². The Morgan fingerprint density at radius 2 is 2.31 bits per heavy atom. The summed E-state index contributed by atoms with van der Waals surface area (Å²) in [4.78, 5) is 4.17. The summed E-state index contributed by atoms with van der Waals surface area (Å²) in [5.41, 5.74) is 1.17. The second-order valence-corrected chi connectivity index (χ2v) is 3.40. The third kappa shape index (κ3) is 3.77. The molecule has 72 valence electrons. The number of nitrogens with zero attached hydrogens (tertiary/aromatic N) is 1. The largest absolute Gasteiger partial charge is 0.478 e. The van der Waals surface area contributed by atoms with Gasteiger partial charge in [-0.1, -0.05) is 35.3 Å². The number of halogens is 1. The minimum absolute atomic E-state index is 0.721. The van der Waals surface area contributed by atoms with E-state index in [0.29, 0.717) is 0 Å². The first-order valence-corrected chi connectivity index (χ1v) is 5.62. The Labute approximate surface area is 87.5 Å². The average Bonchev–Trinajstić information content (AvgIpc) is 2.19. The molecule has 0 amide bonds. The Morgan fingerprint density at radius 1 is 1.46 bits per heavy atom. The van der Waals surface area contributed by atoms with Crippen LogP contribution in [-0.4, -0.2) is 11.6 Å². The van der Waals surface area contributed by atoms with Gasteiger partial charge in [0.15, 0.2) is 0 Å². The van der Waals surface area contributed by atoms with Gasteiger partial charge in [0.2, 0.25) is 5.88 Å². The van der Waals surface area contributed by atoms with E-state index in [1.54, 1.807) is 0 Å². The van der Waals surface area contributed by atoms with Crippen molar-refractivity contribution in [2.24, 2.45) is 0 Å². The summed E-state index contributed by atoms with van der Waals surface area (Å²) in [5, 5.41) is 0.842. The Kier molecular flexibility index (Phi) is 4.83. The van der Waals surface area contributed by atoms with Gasteiger partial charge in [0.05, 0.1) is 6.61 Å². The van der Waals surface area contributed by atoms with Gasteiger partial charge in [-0.3, -0.25) is 0 Å². The first-order valence-electron chi connectivity index (χ1n) is 4.50. The lowest BCUT2D eigenvalue weighted by molar-refractivity contribution is 0.297. The Bertz CT molecular complexity index is 235. The predicted molar refractivity (Wildman–Crippen MR) is 57.3 cm³/mol. The standard InChI is InChI=1S/C10H14BrNO/c1-2-3-6-13-10-5-4-9(7-11)8-12-10/h4-5,8H,2-3,6-7H2,1H3. The highest BCUT2D eigenvalue weighted by atomic mass is 79.9. The molecule has 1 heterocycles. The number of alkyl halides is 1. The van der Waals surface area contributed by atoms with Gasteiger partial charge in [0.25, 0.3) is 0 Å². The van der Waals surface area contributed by atoms with Gasteiger partial charge in [-0.25, -0.2) is 4.98 Å². The molecule has 1 rings (SSSR count). The third-order valence-corrected chi connectivity index (χ3v) is 2.35. The molecule has 0 aliphatic rings. The summed E-state index contributed by atoms with van der Waals surface area (Å²) in [6, 6.07) is 3.93. The molecule has 0 saturated carbocycles. The third-order valence-electron chi connectivity index (χ3n) is 1.70. The van der Waals surface area contributed by atoms with Crippen LogP contribution in [0.25, 0.3) is 0 Å². The van der Waals surface area contributed by atoms with E-state index in [0.717, 1.165) is 30.7 Å². The van der Waals surface area contributed by atoms with E-state index in [9.17, 15) is 0 Å². The lowest BCUT2D eigenvalue weighted by Gasteiger charge is -2.03. The van der Waals surface area contributed by atoms with Gasteiger partial charge >= 0.3 is 0 Å². The summed E-state index contributed by atoms with van der Waals surface area (Å²) >= 11 is 3.37. The molecule has 2 nitrogen and oxygen atoms in total. The molecule has 0 N–H and O–H groups in total. The van der Waals surface area contributed by atoms with E-state index in [1.165, 1.54) is 5.56 Å². The number of ether oxygens (including phenoxy) is 1. The van der Waals surface area contributed by atoms with Crippen molar-refractivity contribution in [2.75, 3.05) is 6.61 Å². The van der Waals surface area contributed by atoms with Crippen molar-refractivity contribution in [1.29, 1.82) is 0 Å². The fraction of sp³-hybridized carbons (Fsp3) is 0.500. The molecular weight excluding hydrogens is 230 g/mol. The van der Waals surface area contributed by atoms with Crippen molar-refractivity contribution in [3.05, 3.63) is 23.9 Å². The van der Waals surface area contributed by atoms with Crippen LogP contribution in [0.1, 0.15) is 25.3 Å². The topological polar surface area (TPSA) is 22.1 Å². The van der Waals surface area contributed by atoms with E-state index in [2.05, 4.69) is 27.8 Å². The van der Waals surface area contributed by atoms with Crippen LogP contribution in [-0.2, 0) is 5.33 Å². The monoisotopic (exact) mass is 243 g/mol. The lowest BCUT2D eigenvalue weighted by atomic mass is 10.3. The maximum atomic E-state index is 5.42. The molecule has 1 aromatic heterocycles. The maximum Gasteiger partial charge on any atom is 0.213 e. The maximum absolute atomic E-state index is 5.42. The first kappa shape index (κ1) is 10.5. The molecule has 0 aliphatic carbocycles. The van der Waals surface area contributed by atoms with Gasteiger partial charge in [-0.15, -0.1) is 0 Å². The quantitative estimate of drug-likeness (QED) is 0.586. The normalized spacial score (nSPS) is 10.0. The molecule has 0 aliphatic heterocycles. The molecule has 1 aromatic rings. The van der Waals surface area contributed by atoms with Crippen LogP contribution in [0, 0.1) is 0 Å². The van der Waals surface area contributed by atoms with Crippen molar-refractivity contribution in [3.8, 4) is 5.88 Å². The van der Waals surface area contributed by atoms with Crippen molar-refractivity contribution in [1.82, 2.24) is 4.98 Å². The van der Waals surface area contributed by atoms with E-state index >= 15 is 0 Å². The van der Waals surface area contributed by atoms with Crippen molar-refractivity contribution >= 4 is 15.9 Å². The molecule has 0 aromatic carbocycles. The van der Waals surface area contributed by atoms with Gasteiger partial charge in [0, 0.05) is 17.6 Å². The number of unbranched alkanes of at least 4 members (excludes halogenated alkanes) is 1. The highest BCUT2D eigenvalue weighted by Crippen LogP contribution is 2.10. The smallest absolute Gasteiger partial charge is 0.213 e. The first-order chi connectivity index (χ1) is 6.36. The summed E-state index contributed by atoms with van der Waals surface area (Å²) in [7, 11) is 0. The van der Waals surface area contributed by atoms with E-state index < -0.39 is 0 Å². The van der Waals surface area contributed by atoms with Crippen LogP contribution >= 0.6 is 15.9 Å². The summed E-state index contributed by atoms with van der Waals surface area (Å²) in [6.45, 7) is 2.90. The van der Waals surface area contributed by atoms with Crippen LogP contribution in [0.2, 0.25) is 0 Å². The fourth-order valence-electron chi connectivity index (χ4n) is 0.896. The van der Waals surface area contributed by atoms with Crippen molar-refractivity contribution in [3.63, 3.8) is 0 Å². The molecule has 0 unspecified atom stereocenters. The second-order valence-electron chi connectivity index (χ2n) is 2.84. The number of aromatic nitrogens is 1. The number of pyridine rings is 1. The molecule has 0 saturated heterocycles. The zero-order chi connectivity index (χ0) is 9.52. The highest BCUT2D eigenvalue weighted by molar-refractivity contribution is 9.08. The predicted octanol–water partition coefficient (Wildman–Crippen LogP) is 3.16. The van der Waals surface area contributed by atoms with Crippen LogP contribution in [0.15, 0.2) is 18.3 Å². The molecule has 0 fully saturated rings. The van der Waals surface area contributed by atoms with E-state index in [1.807, 2.05) is 18.3 Å². The Balaban J connectivity index is 2.40. The van der Waals surface area contributed by atoms with Crippen LogP contribution < -0.4 is 4.74 Å². The van der Waals surface area contributed by atoms with Crippen LogP contribution in [0.4, 0.5) is 0 Å². The molecular formula is C10H14BrNO. The van der Waals surface area contributed by atoms with E-state index in [4.69, 9.17) is 4.74 Å². The SMILES string of the molecule is CCCCOc1ccc(CBr)cn1.